The summed E-state index contributed by atoms with van der Waals surface area (Å²) < 4.78 is 0.759. The van der Waals surface area contributed by atoms with Crippen LogP contribution in [0.3, 0.4) is 0 Å². The second-order valence-corrected chi connectivity index (χ2v) is 3.48. The molecule has 0 spiro atoms. The van der Waals surface area contributed by atoms with E-state index in [1.54, 1.807) is 12.1 Å². The van der Waals surface area contributed by atoms with Gasteiger partial charge in [0.1, 0.15) is 6.07 Å². The molecular weight excluding hydrogens is 274 g/mol. The van der Waals surface area contributed by atoms with Crippen LogP contribution in [0.1, 0.15) is 5.56 Å². The molecule has 0 amide bonds. The second kappa shape index (κ2) is 3.28. The highest BCUT2D eigenvalue weighted by Gasteiger charge is 2.03. The van der Waals surface area contributed by atoms with Crippen molar-refractivity contribution in [3.8, 4) is 6.07 Å². The van der Waals surface area contributed by atoms with Gasteiger partial charge in [-0.2, -0.15) is 5.26 Å². The van der Waals surface area contributed by atoms with Crippen LogP contribution >= 0.6 is 34.2 Å². The number of halogens is 2. The van der Waals surface area contributed by atoms with Gasteiger partial charge in [0.05, 0.1) is 9.13 Å². The molecule has 56 valence electrons. The van der Waals surface area contributed by atoms with Gasteiger partial charge in [-0.1, -0.05) is 11.6 Å². The molecule has 1 aromatic carbocycles. The highest BCUT2D eigenvalue weighted by atomic mass is 127. The number of nitrogens with zero attached hydrogens (tertiary/aromatic N) is 1. The number of hydrogen-bond donors (Lipinski definition) is 1. The van der Waals surface area contributed by atoms with Crippen molar-refractivity contribution in [2.75, 3.05) is 5.73 Å². The van der Waals surface area contributed by atoms with Crippen molar-refractivity contribution in [1.29, 1.82) is 5.26 Å². The van der Waals surface area contributed by atoms with Gasteiger partial charge in [-0.3, -0.25) is 0 Å². The summed E-state index contributed by atoms with van der Waals surface area (Å²) in [6.07, 6.45) is 0. The van der Waals surface area contributed by atoms with Gasteiger partial charge in [-0.15, -0.1) is 0 Å². The Hall–Kier alpha value is -0.470. The molecule has 0 aliphatic carbocycles. The number of benzene rings is 1. The normalized spacial score (nSPS) is 9.18. The topological polar surface area (TPSA) is 49.8 Å². The lowest BCUT2D eigenvalue weighted by atomic mass is 10.2. The van der Waals surface area contributed by atoms with E-state index in [9.17, 15) is 0 Å². The molecule has 1 aromatic rings. The first-order chi connectivity index (χ1) is 5.15. The van der Waals surface area contributed by atoms with Gasteiger partial charge < -0.3 is 5.73 Å². The second-order valence-electron chi connectivity index (χ2n) is 1.97. The molecule has 4 heteroatoms. The lowest BCUT2D eigenvalue weighted by Gasteiger charge is -1.99. The number of nitriles is 1. The van der Waals surface area contributed by atoms with E-state index in [1.165, 1.54) is 0 Å². The highest BCUT2D eigenvalue weighted by Crippen LogP contribution is 2.23. The SMILES string of the molecule is N#Cc1cc(Cl)cc(N)c1I. The van der Waals surface area contributed by atoms with E-state index in [4.69, 9.17) is 22.6 Å². The third-order valence-electron chi connectivity index (χ3n) is 1.19. The van der Waals surface area contributed by atoms with E-state index in [-0.39, 0.29) is 0 Å². The minimum Gasteiger partial charge on any atom is -0.398 e. The molecule has 0 radical (unpaired) electrons. The molecule has 0 heterocycles. The van der Waals surface area contributed by atoms with Crippen molar-refractivity contribution in [2.24, 2.45) is 0 Å². The van der Waals surface area contributed by atoms with Crippen LogP contribution < -0.4 is 5.73 Å². The summed E-state index contributed by atoms with van der Waals surface area (Å²) in [6.45, 7) is 0. The summed E-state index contributed by atoms with van der Waals surface area (Å²) in [7, 11) is 0. The van der Waals surface area contributed by atoms with Crippen molar-refractivity contribution in [3.63, 3.8) is 0 Å². The third kappa shape index (κ3) is 1.76. The Morgan fingerprint density at radius 2 is 2.18 bits per heavy atom. The zero-order valence-corrected chi connectivity index (χ0v) is 8.35. The van der Waals surface area contributed by atoms with Crippen LogP contribution in [0, 0.1) is 14.9 Å². The Bertz CT molecular complexity index is 330. The molecule has 0 aliphatic rings. The zero-order valence-electron chi connectivity index (χ0n) is 5.44. The number of hydrogen-bond acceptors (Lipinski definition) is 2. The van der Waals surface area contributed by atoms with Gasteiger partial charge in [0, 0.05) is 10.7 Å². The van der Waals surface area contributed by atoms with Crippen LogP contribution in [0.25, 0.3) is 0 Å². The van der Waals surface area contributed by atoms with Crippen LogP contribution in [-0.4, -0.2) is 0 Å². The number of nitrogens with two attached hydrogens (primary N) is 1. The average Bonchev–Trinajstić information content (AvgIpc) is 1.96. The molecular formula is C7H4ClIN2. The maximum Gasteiger partial charge on any atom is 0.100 e. The fraction of sp³-hybridized carbons (Fsp3) is 0. The maximum atomic E-state index is 8.60. The Balaban J connectivity index is 3.39. The summed E-state index contributed by atoms with van der Waals surface area (Å²) in [4.78, 5) is 0. The fourth-order valence-electron chi connectivity index (χ4n) is 0.692. The predicted molar refractivity (Wildman–Crippen MR) is 53.3 cm³/mol. The molecule has 11 heavy (non-hydrogen) atoms. The fourth-order valence-corrected chi connectivity index (χ4v) is 1.35. The minimum absolute atomic E-state index is 0.500. The average molecular weight is 278 g/mol. The van der Waals surface area contributed by atoms with Crippen molar-refractivity contribution in [3.05, 3.63) is 26.3 Å². The van der Waals surface area contributed by atoms with Gasteiger partial charge in [-0.25, -0.2) is 0 Å². The first-order valence-corrected chi connectivity index (χ1v) is 4.25. The van der Waals surface area contributed by atoms with Crippen LogP contribution in [0.2, 0.25) is 5.02 Å². The van der Waals surface area contributed by atoms with Gasteiger partial charge >= 0.3 is 0 Å². The van der Waals surface area contributed by atoms with E-state index in [2.05, 4.69) is 0 Å². The third-order valence-corrected chi connectivity index (χ3v) is 2.61. The lowest BCUT2D eigenvalue weighted by molar-refractivity contribution is 1.46. The van der Waals surface area contributed by atoms with Crippen LogP contribution in [0.15, 0.2) is 12.1 Å². The molecule has 0 saturated heterocycles. The summed E-state index contributed by atoms with van der Waals surface area (Å²) in [5.41, 5.74) is 6.63. The van der Waals surface area contributed by atoms with E-state index < -0.39 is 0 Å². The van der Waals surface area contributed by atoms with E-state index in [0.717, 1.165) is 3.57 Å². The Morgan fingerprint density at radius 3 is 2.73 bits per heavy atom. The molecule has 2 nitrogen and oxygen atoms in total. The summed E-state index contributed by atoms with van der Waals surface area (Å²) in [5, 5.41) is 9.10. The molecule has 0 bridgehead atoms. The Morgan fingerprint density at radius 1 is 1.55 bits per heavy atom. The van der Waals surface area contributed by atoms with Crippen LogP contribution in [0.4, 0.5) is 5.69 Å². The summed E-state index contributed by atoms with van der Waals surface area (Å²) >= 11 is 7.68. The largest absolute Gasteiger partial charge is 0.398 e. The number of anilines is 1. The first-order valence-electron chi connectivity index (χ1n) is 2.79. The van der Waals surface area contributed by atoms with E-state index in [1.807, 2.05) is 28.7 Å². The smallest absolute Gasteiger partial charge is 0.100 e. The lowest BCUT2D eigenvalue weighted by Crippen LogP contribution is -1.92. The minimum atomic E-state index is 0.500. The van der Waals surface area contributed by atoms with Crippen LogP contribution in [0.5, 0.6) is 0 Å². The highest BCUT2D eigenvalue weighted by molar-refractivity contribution is 14.1. The van der Waals surface area contributed by atoms with Gasteiger partial charge in [0.15, 0.2) is 0 Å². The summed E-state index contributed by atoms with van der Waals surface area (Å²) in [5.74, 6) is 0. The van der Waals surface area contributed by atoms with Crippen LogP contribution in [-0.2, 0) is 0 Å². The molecule has 0 fully saturated rings. The monoisotopic (exact) mass is 278 g/mol. The maximum absolute atomic E-state index is 8.60. The van der Waals surface area contributed by atoms with Gasteiger partial charge in [0.25, 0.3) is 0 Å². The molecule has 0 atom stereocenters. The van der Waals surface area contributed by atoms with Gasteiger partial charge in [0.2, 0.25) is 0 Å². The van der Waals surface area contributed by atoms with Crippen molar-refractivity contribution in [1.82, 2.24) is 0 Å². The standard InChI is InChI=1S/C7H4ClIN2/c8-5-1-4(3-10)7(9)6(11)2-5/h1-2H,11H2. The van der Waals surface area contributed by atoms with E-state index in [0.29, 0.717) is 16.3 Å². The molecule has 0 saturated carbocycles. The molecule has 1 rings (SSSR count). The Labute approximate surface area is 83.1 Å². The first kappa shape index (κ1) is 8.62. The summed E-state index contributed by atoms with van der Waals surface area (Å²) in [6, 6.07) is 5.23. The molecule has 0 aliphatic heterocycles. The van der Waals surface area contributed by atoms with Gasteiger partial charge in [-0.05, 0) is 34.7 Å². The molecule has 0 unspecified atom stereocenters. The quantitative estimate of drug-likeness (QED) is 0.585. The van der Waals surface area contributed by atoms with Crippen molar-refractivity contribution < 1.29 is 0 Å². The molecule has 0 aromatic heterocycles. The van der Waals surface area contributed by atoms with E-state index >= 15 is 0 Å². The van der Waals surface area contributed by atoms with Crippen molar-refractivity contribution in [2.45, 2.75) is 0 Å². The number of rotatable bonds is 0. The van der Waals surface area contributed by atoms with Crippen molar-refractivity contribution >= 4 is 39.9 Å². The number of nitrogen functional groups attached to an aromatic ring is 1. The zero-order chi connectivity index (χ0) is 8.43. The molecule has 2 N–H and O–H groups in total. The Kier molecular flexibility index (Phi) is 2.58. The predicted octanol–water partition coefficient (Wildman–Crippen LogP) is 2.40.